The summed E-state index contributed by atoms with van der Waals surface area (Å²) < 4.78 is 43.7. The van der Waals surface area contributed by atoms with Crippen molar-refractivity contribution in [1.82, 2.24) is 9.80 Å². The number of morpholine rings is 1. The molecule has 1 unspecified atom stereocenters. The van der Waals surface area contributed by atoms with E-state index in [9.17, 15) is 22.8 Å². The van der Waals surface area contributed by atoms with Gasteiger partial charge in [-0.3, -0.25) is 14.5 Å². The maximum Gasteiger partial charge on any atom is 0.416 e. The van der Waals surface area contributed by atoms with Gasteiger partial charge in [0.1, 0.15) is 6.10 Å². The molecule has 0 saturated carbocycles. The van der Waals surface area contributed by atoms with Gasteiger partial charge in [0.2, 0.25) is 5.91 Å². The second-order valence-electron chi connectivity index (χ2n) is 6.07. The average Bonchev–Trinajstić information content (AvgIpc) is 2.55. The zero-order chi connectivity index (χ0) is 19.5. The molecule has 2 rings (SSSR count). The molecular formula is C16H19ClF3N3O3. The Morgan fingerprint density at radius 2 is 2.08 bits per heavy atom. The minimum atomic E-state index is -4.53. The van der Waals surface area contributed by atoms with Gasteiger partial charge in [0, 0.05) is 27.2 Å². The van der Waals surface area contributed by atoms with Crippen LogP contribution in [-0.4, -0.2) is 68.1 Å². The molecule has 1 aliphatic rings. The van der Waals surface area contributed by atoms with Crippen LogP contribution in [0.3, 0.4) is 0 Å². The molecule has 1 heterocycles. The van der Waals surface area contributed by atoms with Crippen LogP contribution in [0.25, 0.3) is 0 Å². The predicted molar refractivity (Wildman–Crippen MR) is 90.0 cm³/mol. The summed E-state index contributed by atoms with van der Waals surface area (Å²) in [6.45, 7) is 0.844. The number of amides is 2. The van der Waals surface area contributed by atoms with E-state index >= 15 is 0 Å². The minimum Gasteiger partial charge on any atom is -0.366 e. The van der Waals surface area contributed by atoms with E-state index in [0.29, 0.717) is 6.54 Å². The number of carbonyl (C=O) groups excluding carboxylic acids is 2. The van der Waals surface area contributed by atoms with Crippen LogP contribution in [0, 0.1) is 0 Å². The van der Waals surface area contributed by atoms with Crippen LogP contribution >= 0.6 is 11.6 Å². The first kappa shape index (κ1) is 20.5. The highest BCUT2D eigenvalue weighted by Crippen LogP contribution is 2.33. The maximum absolute atomic E-state index is 12.8. The molecule has 1 aromatic carbocycles. The number of halogens is 4. The van der Waals surface area contributed by atoms with Gasteiger partial charge in [-0.1, -0.05) is 11.6 Å². The van der Waals surface area contributed by atoms with Crippen molar-refractivity contribution in [2.45, 2.75) is 12.3 Å². The number of alkyl halides is 3. The summed E-state index contributed by atoms with van der Waals surface area (Å²) in [5.74, 6) is -0.736. The monoisotopic (exact) mass is 393 g/mol. The zero-order valence-electron chi connectivity index (χ0n) is 14.3. The first-order valence-electron chi connectivity index (χ1n) is 7.79. The normalized spacial score (nSPS) is 18.5. The van der Waals surface area contributed by atoms with Gasteiger partial charge in [-0.15, -0.1) is 0 Å². The fraction of sp³-hybridized carbons (Fsp3) is 0.500. The number of rotatable bonds is 4. The molecule has 1 aliphatic heterocycles. The van der Waals surface area contributed by atoms with E-state index in [1.54, 1.807) is 19.0 Å². The average molecular weight is 394 g/mol. The van der Waals surface area contributed by atoms with Crippen LogP contribution in [0.1, 0.15) is 5.56 Å². The summed E-state index contributed by atoms with van der Waals surface area (Å²) in [6, 6.07) is 2.72. The van der Waals surface area contributed by atoms with E-state index in [2.05, 4.69) is 5.32 Å². The maximum atomic E-state index is 12.8. The number of nitrogens with one attached hydrogen (secondary N) is 1. The molecule has 6 nitrogen and oxygen atoms in total. The van der Waals surface area contributed by atoms with Gasteiger partial charge >= 0.3 is 6.18 Å². The van der Waals surface area contributed by atoms with E-state index < -0.39 is 23.8 Å². The van der Waals surface area contributed by atoms with Gasteiger partial charge in [-0.25, -0.2) is 0 Å². The lowest BCUT2D eigenvalue weighted by molar-refractivity contribution is -0.147. The highest BCUT2D eigenvalue weighted by atomic mass is 35.5. The Morgan fingerprint density at radius 3 is 2.69 bits per heavy atom. The number of likely N-dealkylation sites (N-methyl/N-ethyl adjacent to an activating group) is 1. The molecule has 2 amide bonds. The number of hydrogen-bond acceptors (Lipinski definition) is 4. The fourth-order valence-electron chi connectivity index (χ4n) is 2.47. The van der Waals surface area contributed by atoms with Crippen LogP contribution < -0.4 is 5.32 Å². The highest BCUT2D eigenvalue weighted by molar-refractivity contribution is 6.33. The van der Waals surface area contributed by atoms with E-state index in [-0.39, 0.29) is 36.3 Å². The molecular weight excluding hydrogens is 375 g/mol. The third kappa shape index (κ3) is 5.33. The van der Waals surface area contributed by atoms with Gasteiger partial charge in [0.05, 0.1) is 29.4 Å². The first-order chi connectivity index (χ1) is 12.1. The number of benzene rings is 1. The van der Waals surface area contributed by atoms with Crippen molar-refractivity contribution in [1.29, 1.82) is 0 Å². The number of nitrogens with zero attached hydrogens (tertiary/aromatic N) is 2. The summed E-state index contributed by atoms with van der Waals surface area (Å²) in [4.78, 5) is 27.2. The number of hydrogen-bond donors (Lipinski definition) is 1. The number of ether oxygens (including phenoxy) is 1. The summed E-state index contributed by atoms with van der Waals surface area (Å²) in [7, 11) is 3.21. The Labute approximate surface area is 153 Å². The minimum absolute atomic E-state index is 0.00832. The molecule has 0 aliphatic carbocycles. The SMILES string of the molecule is CN(C)C(=O)C1CN(CC(=O)Nc2cc(C(F)(F)F)ccc2Cl)CCO1. The van der Waals surface area contributed by atoms with Crippen LogP contribution in [0.2, 0.25) is 5.02 Å². The molecule has 1 aromatic rings. The molecule has 0 bridgehead atoms. The van der Waals surface area contributed by atoms with Crippen LogP contribution in [0.4, 0.5) is 18.9 Å². The van der Waals surface area contributed by atoms with Gasteiger partial charge in [-0.05, 0) is 18.2 Å². The zero-order valence-corrected chi connectivity index (χ0v) is 15.0. The van der Waals surface area contributed by atoms with Crippen molar-refractivity contribution in [3.8, 4) is 0 Å². The van der Waals surface area contributed by atoms with Crippen molar-refractivity contribution in [2.75, 3.05) is 45.7 Å². The fourth-order valence-corrected chi connectivity index (χ4v) is 2.64. The highest BCUT2D eigenvalue weighted by Gasteiger charge is 2.32. The van der Waals surface area contributed by atoms with Gasteiger partial charge in [-0.2, -0.15) is 13.2 Å². The molecule has 1 atom stereocenters. The molecule has 26 heavy (non-hydrogen) atoms. The summed E-state index contributed by atoms with van der Waals surface area (Å²) in [5.41, 5.74) is -1.01. The third-order valence-corrected chi connectivity index (χ3v) is 4.13. The summed E-state index contributed by atoms with van der Waals surface area (Å²) in [6.07, 6.45) is -5.21. The van der Waals surface area contributed by atoms with Gasteiger partial charge in [0.25, 0.3) is 5.91 Å². The Bertz CT molecular complexity index is 682. The van der Waals surface area contributed by atoms with E-state index in [0.717, 1.165) is 18.2 Å². The molecule has 0 spiro atoms. The number of carbonyl (C=O) groups is 2. The largest absolute Gasteiger partial charge is 0.416 e. The molecule has 1 saturated heterocycles. The lowest BCUT2D eigenvalue weighted by atomic mass is 10.2. The Balaban J connectivity index is 1.99. The molecule has 0 aromatic heterocycles. The molecule has 0 radical (unpaired) electrons. The second kappa shape index (κ2) is 8.24. The van der Waals surface area contributed by atoms with Gasteiger partial charge in [0.15, 0.2) is 0 Å². The van der Waals surface area contributed by atoms with Crippen molar-refractivity contribution >= 4 is 29.1 Å². The smallest absolute Gasteiger partial charge is 0.366 e. The summed E-state index contributed by atoms with van der Waals surface area (Å²) >= 11 is 5.87. The molecule has 1 N–H and O–H groups in total. The lowest BCUT2D eigenvalue weighted by Gasteiger charge is -2.32. The summed E-state index contributed by atoms with van der Waals surface area (Å²) in [5, 5.41) is 2.40. The van der Waals surface area contributed by atoms with Crippen LogP contribution in [0.5, 0.6) is 0 Å². The Hall–Kier alpha value is -1.84. The van der Waals surface area contributed by atoms with E-state index in [1.807, 2.05) is 0 Å². The topological polar surface area (TPSA) is 61.9 Å². The third-order valence-electron chi connectivity index (χ3n) is 3.80. The second-order valence-corrected chi connectivity index (χ2v) is 6.47. The number of anilines is 1. The van der Waals surface area contributed by atoms with Crippen molar-refractivity contribution in [3.63, 3.8) is 0 Å². The van der Waals surface area contributed by atoms with Gasteiger partial charge < -0.3 is 15.0 Å². The Kier molecular flexibility index (Phi) is 6.48. The predicted octanol–water partition coefficient (Wildman–Crippen LogP) is 2.09. The lowest BCUT2D eigenvalue weighted by Crippen LogP contribution is -2.51. The molecule has 144 valence electrons. The first-order valence-corrected chi connectivity index (χ1v) is 8.17. The van der Waals surface area contributed by atoms with Crippen LogP contribution in [-0.2, 0) is 20.5 Å². The van der Waals surface area contributed by atoms with Crippen molar-refractivity contribution in [3.05, 3.63) is 28.8 Å². The van der Waals surface area contributed by atoms with Crippen LogP contribution in [0.15, 0.2) is 18.2 Å². The molecule has 1 fully saturated rings. The quantitative estimate of drug-likeness (QED) is 0.851. The van der Waals surface area contributed by atoms with Crippen molar-refractivity contribution < 1.29 is 27.5 Å². The van der Waals surface area contributed by atoms with Crippen molar-refractivity contribution in [2.24, 2.45) is 0 Å². The van der Waals surface area contributed by atoms with E-state index in [4.69, 9.17) is 16.3 Å². The standard InChI is InChI=1S/C16H19ClF3N3O3/c1-22(2)15(25)13-8-23(5-6-26-13)9-14(24)21-12-7-10(16(18,19)20)3-4-11(12)17/h3-4,7,13H,5-6,8-9H2,1-2H3,(H,21,24). The molecule has 10 heteroatoms. The Morgan fingerprint density at radius 1 is 1.38 bits per heavy atom. The van der Waals surface area contributed by atoms with E-state index in [1.165, 1.54) is 4.90 Å².